The Hall–Kier alpha value is -2.88. The normalized spacial score (nSPS) is 9.95. The van der Waals surface area contributed by atoms with Crippen LogP contribution < -0.4 is 16.0 Å². The van der Waals surface area contributed by atoms with Crippen LogP contribution in [0, 0.1) is 11.3 Å². The van der Waals surface area contributed by atoms with Gasteiger partial charge in [-0.25, -0.2) is 0 Å². The Morgan fingerprint density at radius 3 is 2.67 bits per heavy atom. The first-order valence-corrected chi connectivity index (χ1v) is 6.70. The molecule has 1 aromatic heterocycles. The maximum Gasteiger partial charge on any atom is 0.233 e. The lowest BCUT2D eigenvalue weighted by atomic mass is 10.2. The molecule has 0 fully saturated rings. The second-order valence-corrected chi connectivity index (χ2v) is 4.31. The molecule has 0 radical (unpaired) electrons. The fourth-order valence-electron chi connectivity index (χ4n) is 1.88. The Balaban J connectivity index is 2.29. The van der Waals surface area contributed by atoms with Crippen LogP contribution in [0.25, 0.3) is 0 Å². The summed E-state index contributed by atoms with van der Waals surface area (Å²) < 4.78 is 0. The Kier molecular flexibility index (Phi) is 4.51. The van der Waals surface area contributed by atoms with Crippen LogP contribution >= 0.6 is 0 Å². The number of nitrogens with zero attached hydrogens (tertiary/aromatic N) is 5. The van der Waals surface area contributed by atoms with Crippen molar-refractivity contribution in [1.29, 1.82) is 5.26 Å². The van der Waals surface area contributed by atoms with Gasteiger partial charge in [0, 0.05) is 18.8 Å². The number of rotatable bonds is 5. The molecule has 0 saturated carbocycles. The molecule has 0 bridgehead atoms. The number of nitriles is 1. The van der Waals surface area contributed by atoms with E-state index in [0.717, 1.165) is 18.8 Å². The van der Waals surface area contributed by atoms with E-state index in [1.54, 1.807) is 18.2 Å². The Morgan fingerprint density at radius 2 is 2.00 bits per heavy atom. The van der Waals surface area contributed by atoms with Crippen LogP contribution in [0.3, 0.4) is 0 Å². The molecule has 1 heterocycles. The van der Waals surface area contributed by atoms with Crippen molar-refractivity contribution >= 4 is 23.5 Å². The maximum atomic E-state index is 8.91. The van der Waals surface area contributed by atoms with Crippen molar-refractivity contribution in [3.05, 3.63) is 29.8 Å². The summed E-state index contributed by atoms with van der Waals surface area (Å²) in [6.07, 6.45) is 0. The maximum absolute atomic E-state index is 8.91. The van der Waals surface area contributed by atoms with Crippen molar-refractivity contribution < 1.29 is 0 Å². The summed E-state index contributed by atoms with van der Waals surface area (Å²) in [6, 6.07) is 9.16. The third kappa shape index (κ3) is 3.57. The van der Waals surface area contributed by atoms with E-state index in [4.69, 9.17) is 11.0 Å². The van der Waals surface area contributed by atoms with Gasteiger partial charge in [-0.05, 0) is 32.0 Å². The second kappa shape index (κ2) is 6.52. The molecule has 0 unspecified atom stereocenters. The number of hydrogen-bond donors (Lipinski definition) is 2. The number of benzene rings is 1. The van der Waals surface area contributed by atoms with Gasteiger partial charge in [0.05, 0.1) is 11.6 Å². The SMILES string of the molecule is CCN(CC)c1nc(N)nc(Nc2cccc(C#N)c2)n1. The first-order valence-electron chi connectivity index (χ1n) is 6.70. The third-order valence-electron chi connectivity index (χ3n) is 2.93. The van der Waals surface area contributed by atoms with Gasteiger partial charge in [-0.3, -0.25) is 0 Å². The van der Waals surface area contributed by atoms with E-state index in [0.29, 0.717) is 17.5 Å². The van der Waals surface area contributed by atoms with E-state index in [1.807, 2.05) is 24.8 Å². The van der Waals surface area contributed by atoms with Gasteiger partial charge in [-0.15, -0.1) is 0 Å². The summed E-state index contributed by atoms with van der Waals surface area (Å²) in [5, 5.41) is 12.0. The van der Waals surface area contributed by atoms with Gasteiger partial charge < -0.3 is 16.0 Å². The molecule has 0 saturated heterocycles. The molecule has 7 heteroatoms. The van der Waals surface area contributed by atoms with Crippen molar-refractivity contribution in [2.75, 3.05) is 29.0 Å². The minimum atomic E-state index is 0.158. The van der Waals surface area contributed by atoms with Crippen LogP contribution in [0.2, 0.25) is 0 Å². The van der Waals surface area contributed by atoms with Crippen molar-refractivity contribution in [1.82, 2.24) is 15.0 Å². The molecule has 108 valence electrons. The summed E-state index contributed by atoms with van der Waals surface area (Å²) in [5.74, 6) is 1.05. The molecular formula is C14H17N7. The van der Waals surface area contributed by atoms with Crippen LogP contribution in [0.5, 0.6) is 0 Å². The zero-order valence-electron chi connectivity index (χ0n) is 12.0. The van der Waals surface area contributed by atoms with Crippen molar-refractivity contribution in [3.8, 4) is 6.07 Å². The molecule has 2 aromatic rings. The predicted octanol–water partition coefficient (Wildman–Crippen LogP) is 1.92. The molecular weight excluding hydrogens is 266 g/mol. The quantitative estimate of drug-likeness (QED) is 0.863. The Bertz CT molecular complexity index is 659. The summed E-state index contributed by atoms with van der Waals surface area (Å²) in [7, 11) is 0. The lowest BCUT2D eigenvalue weighted by Gasteiger charge is -2.19. The minimum absolute atomic E-state index is 0.158. The molecule has 1 aromatic carbocycles. The number of hydrogen-bond acceptors (Lipinski definition) is 7. The van der Waals surface area contributed by atoms with Gasteiger partial charge in [0.2, 0.25) is 17.8 Å². The van der Waals surface area contributed by atoms with E-state index in [-0.39, 0.29) is 5.95 Å². The highest BCUT2D eigenvalue weighted by molar-refractivity contribution is 5.57. The fraction of sp³-hybridized carbons (Fsp3) is 0.286. The number of anilines is 4. The zero-order chi connectivity index (χ0) is 15.2. The number of nitrogens with one attached hydrogen (secondary N) is 1. The minimum Gasteiger partial charge on any atom is -0.368 e. The highest BCUT2D eigenvalue weighted by Crippen LogP contribution is 2.17. The fourth-order valence-corrected chi connectivity index (χ4v) is 1.88. The van der Waals surface area contributed by atoms with Crippen LogP contribution in [0.15, 0.2) is 24.3 Å². The zero-order valence-corrected chi connectivity index (χ0v) is 12.0. The van der Waals surface area contributed by atoms with E-state index < -0.39 is 0 Å². The molecule has 0 aliphatic rings. The first kappa shape index (κ1) is 14.5. The Morgan fingerprint density at radius 1 is 1.24 bits per heavy atom. The Labute approximate surface area is 123 Å². The molecule has 7 nitrogen and oxygen atoms in total. The van der Waals surface area contributed by atoms with Gasteiger partial charge in [0.15, 0.2) is 0 Å². The topological polar surface area (TPSA) is 104 Å². The molecule has 0 spiro atoms. The monoisotopic (exact) mass is 283 g/mol. The highest BCUT2D eigenvalue weighted by Gasteiger charge is 2.10. The number of aromatic nitrogens is 3. The number of nitrogen functional groups attached to an aromatic ring is 1. The molecule has 0 aliphatic heterocycles. The molecule has 0 atom stereocenters. The van der Waals surface area contributed by atoms with Crippen molar-refractivity contribution in [3.63, 3.8) is 0 Å². The van der Waals surface area contributed by atoms with Gasteiger partial charge >= 0.3 is 0 Å². The van der Waals surface area contributed by atoms with E-state index in [2.05, 4.69) is 26.3 Å². The lowest BCUT2D eigenvalue weighted by Crippen LogP contribution is -2.25. The van der Waals surface area contributed by atoms with Crippen LogP contribution in [-0.2, 0) is 0 Å². The standard InChI is InChI=1S/C14H17N7/c1-3-21(4-2)14-19-12(16)18-13(20-14)17-11-7-5-6-10(8-11)9-15/h5-8H,3-4H2,1-2H3,(H3,16,17,18,19,20). The van der Waals surface area contributed by atoms with Crippen molar-refractivity contribution in [2.24, 2.45) is 0 Å². The molecule has 0 amide bonds. The van der Waals surface area contributed by atoms with E-state index >= 15 is 0 Å². The molecule has 21 heavy (non-hydrogen) atoms. The summed E-state index contributed by atoms with van der Waals surface area (Å²) in [6.45, 7) is 5.60. The van der Waals surface area contributed by atoms with E-state index in [1.165, 1.54) is 0 Å². The van der Waals surface area contributed by atoms with Crippen LogP contribution in [0.4, 0.5) is 23.5 Å². The highest BCUT2D eigenvalue weighted by atomic mass is 15.3. The summed E-state index contributed by atoms with van der Waals surface area (Å²) in [4.78, 5) is 14.5. The van der Waals surface area contributed by atoms with E-state index in [9.17, 15) is 0 Å². The van der Waals surface area contributed by atoms with Gasteiger partial charge in [-0.1, -0.05) is 6.07 Å². The molecule has 3 N–H and O–H groups in total. The molecule has 0 aliphatic carbocycles. The smallest absolute Gasteiger partial charge is 0.233 e. The van der Waals surface area contributed by atoms with Crippen molar-refractivity contribution in [2.45, 2.75) is 13.8 Å². The summed E-state index contributed by atoms with van der Waals surface area (Å²) in [5.41, 5.74) is 7.02. The van der Waals surface area contributed by atoms with Gasteiger partial charge in [0.25, 0.3) is 0 Å². The average Bonchev–Trinajstić information content (AvgIpc) is 2.48. The van der Waals surface area contributed by atoms with Gasteiger partial charge in [-0.2, -0.15) is 20.2 Å². The first-order chi connectivity index (χ1) is 10.2. The largest absolute Gasteiger partial charge is 0.368 e. The van der Waals surface area contributed by atoms with Gasteiger partial charge in [0.1, 0.15) is 0 Å². The second-order valence-electron chi connectivity index (χ2n) is 4.31. The van der Waals surface area contributed by atoms with Crippen LogP contribution in [0.1, 0.15) is 19.4 Å². The molecule has 2 rings (SSSR count). The predicted molar refractivity (Wildman–Crippen MR) is 82.2 cm³/mol. The average molecular weight is 283 g/mol. The number of nitrogens with two attached hydrogens (primary N) is 1. The van der Waals surface area contributed by atoms with Crippen LogP contribution in [-0.4, -0.2) is 28.0 Å². The summed E-state index contributed by atoms with van der Waals surface area (Å²) >= 11 is 0. The lowest BCUT2D eigenvalue weighted by molar-refractivity contribution is 0.816. The third-order valence-corrected chi connectivity index (χ3v) is 2.93.